The fraction of sp³-hybridized carbons (Fsp3) is 0.212. The third-order valence-electron chi connectivity index (χ3n) is 6.71. The number of aliphatic carboxylic acids is 1. The molecule has 0 aliphatic heterocycles. The van der Waals surface area contributed by atoms with Gasteiger partial charge in [0.1, 0.15) is 11.6 Å². The van der Waals surface area contributed by atoms with Crippen molar-refractivity contribution in [3.63, 3.8) is 0 Å². The zero-order chi connectivity index (χ0) is 29.2. The highest BCUT2D eigenvalue weighted by molar-refractivity contribution is 6.11. The average molecular weight is 552 g/mol. The SMILES string of the molecule is CCOc1ccccc1CCN(CCC(=O)O)C(=O)c1ccccc1-c1ccccc1C(=O)N(C)c1ccccn1. The van der Waals surface area contributed by atoms with Crippen LogP contribution >= 0.6 is 0 Å². The van der Waals surface area contributed by atoms with Crippen molar-refractivity contribution >= 4 is 23.6 Å². The van der Waals surface area contributed by atoms with E-state index in [0.29, 0.717) is 47.6 Å². The summed E-state index contributed by atoms with van der Waals surface area (Å²) in [6, 6.07) is 27.2. The molecule has 2 amide bonds. The van der Waals surface area contributed by atoms with Gasteiger partial charge in [0, 0.05) is 37.5 Å². The van der Waals surface area contributed by atoms with Crippen LogP contribution < -0.4 is 9.64 Å². The molecule has 1 aromatic heterocycles. The molecule has 0 radical (unpaired) electrons. The maximum absolute atomic E-state index is 14.0. The van der Waals surface area contributed by atoms with Crippen LogP contribution in [-0.2, 0) is 11.2 Å². The van der Waals surface area contributed by atoms with Crippen molar-refractivity contribution in [3.05, 3.63) is 114 Å². The zero-order valence-electron chi connectivity index (χ0n) is 23.2. The van der Waals surface area contributed by atoms with Crippen LogP contribution in [0.4, 0.5) is 5.82 Å². The summed E-state index contributed by atoms with van der Waals surface area (Å²) in [5.74, 6) is -0.318. The summed E-state index contributed by atoms with van der Waals surface area (Å²) in [4.78, 5) is 46.4. The van der Waals surface area contributed by atoms with Crippen LogP contribution in [0.25, 0.3) is 11.1 Å². The molecule has 0 aliphatic carbocycles. The van der Waals surface area contributed by atoms with Crippen molar-refractivity contribution in [2.75, 3.05) is 31.6 Å². The minimum Gasteiger partial charge on any atom is -0.494 e. The Morgan fingerprint density at radius 1 is 0.780 bits per heavy atom. The van der Waals surface area contributed by atoms with Gasteiger partial charge in [0.25, 0.3) is 11.8 Å². The van der Waals surface area contributed by atoms with E-state index in [-0.39, 0.29) is 24.8 Å². The van der Waals surface area contributed by atoms with Crippen molar-refractivity contribution < 1.29 is 24.2 Å². The minimum absolute atomic E-state index is 0.0439. The normalized spacial score (nSPS) is 10.6. The quantitative estimate of drug-likeness (QED) is 0.247. The second kappa shape index (κ2) is 13.9. The second-order valence-electron chi connectivity index (χ2n) is 9.37. The number of pyridine rings is 1. The Balaban J connectivity index is 1.67. The summed E-state index contributed by atoms with van der Waals surface area (Å²) in [7, 11) is 1.66. The van der Waals surface area contributed by atoms with Crippen LogP contribution in [0.2, 0.25) is 0 Å². The molecule has 8 heteroatoms. The molecule has 0 atom stereocenters. The first-order valence-electron chi connectivity index (χ1n) is 13.5. The minimum atomic E-state index is -0.987. The number of ether oxygens (including phenoxy) is 1. The van der Waals surface area contributed by atoms with Crippen LogP contribution in [0.1, 0.15) is 39.6 Å². The molecule has 8 nitrogen and oxygen atoms in total. The lowest BCUT2D eigenvalue weighted by Crippen LogP contribution is -2.35. The van der Waals surface area contributed by atoms with Gasteiger partial charge in [0.2, 0.25) is 0 Å². The highest BCUT2D eigenvalue weighted by atomic mass is 16.5. The van der Waals surface area contributed by atoms with Crippen LogP contribution in [0.3, 0.4) is 0 Å². The molecule has 0 unspecified atom stereocenters. The number of benzene rings is 3. The highest BCUT2D eigenvalue weighted by Crippen LogP contribution is 2.30. The van der Waals surface area contributed by atoms with E-state index in [1.54, 1.807) is 60.6 Å². The number of hydrogen-bond acceptors (Lipinski definition) is 5. The molecule has 0 aliphatic rings. The predicted octanol–water partition coefficient (Wildman–Crippen LogP) is 5.58. The maximum Gasteiger partial charge on any atom is 0.305 e. The van der Waals surface area contributed by atoms with E-state index in [1.807, 2.05) is 55.5 Å². The molecule has 0 bridgehead atoms. The van der Waals surface area contributed by atoms with Gasteiger partial charge in [-0.25, -0.2) is 4.98 Å². The smallest absolute Gasteiger partial charge is 0.305 e. The first-order valence-corrected chi connectivity index (χ1v) is 13.5. The van der Waals surface area contributed by atoms with E-state index in [9.17, 15) is 19.5 Å². The molecule has 4 aromatic rings. The van der Waals surface area contributed by atoms with Gasteiger partial charge in [-0.3, -0.25) is 19.3 Å². The Morgan fingerprint density at radius 3 is 2.02 bits per heavy atom. The van der Waals surface area contributed by atoms with E-state index in [0.717, 1.165) is 11.3 Å². The largest absolute Gasteiger partial charge is 0.494 e. The number of carbonyl (C=O) groups excluding carboxylic acids is 2. The van der Waals surface area contributed by atoms with Gasteiger partial charge in [-0.15, -0.1) is 0 Å². The fourth-order valence-electron chi connectivity index (χ4n) is 4.62. The van der Waals surface area contributed by atoms with E-state index in [1.165, 1.54) is 4.90 Å². The maximum atomic E-state index is 14.0. The van der Waals surface area contributed by atoms with Gasteiger partial charge in [-0.05, 0) is 60.4 Å². The van der Waals surface area contributed by atoms with Crippen LogP contribution in [0.15, 0.2) is 97.2 Å². The van der Waals surface area contributed by atoms with Crippen LogP contribution in [-0.4, -0.2) is 59.5 Å². The standard InChI is InChI=1S/C33H33N3O5/c1-3-41-29-17-9-4-12-24(29)19-22-36(23-20-31(37)38)33(40)28-16-8-6-14-26(28)25-13-5-7-15-27(25)32(39)35(2)30-18-10-11-21-34-30/h4-18,21H,3,19-20,22-23H2,1-2H3,(H,37,38). The number of carboxylic acids is 1. The van der Waals surface area contributed by atoms with Crippen molar-refractivity contribution in [2.45, 2.75) is 19.8 Å². The molecule has 3 aromatic carbocycles. The van der Waals surface area contributed by atoms with Gasteiger partial charge in [-0.2, -0.15) is 0 Å². The van der Waals surface area contributed by atoms with Gasteiger partial charge in [0.15, 0.2) is 0 Å². The third-order valence-corrected chi connectivity index (χ3v) is 6.71. The molecule has 0 saturated carbocycles. The lowest BCUT2D eigenvalue weighted by Gasteiger charge is -2.25. The van der Waals surface area contributed by atoms with E-state index in [4.69, 9.17) is 4.74 Å². The number of rotatable bonds is 12. The third kappa shape index (κ3) is 7.16. The summed E-state index contributed by atoms with van der Waals surface area (Å²) in [5.41, 5.74) is 2.93. The number of carbonyl (C=O) groups is 3. The van der Waals surface area contributed by atoms with Crippen LogP contribution in [0, 0.1) is 0 Å². The molecule has 0 saturated heterocycles. The lowest BCUT2D eigenvalue weighted by molar-refractivity contribution is -0.137. The van der Waals surface area contributed by atoms with Gasteiger partial charge in [0.05, 0.1) is 13.0 Å². The number of anilines is 1. The van der Waals surface area contributed by atoms with Crippen molar-refractivity contribution in [1.82, 2.24) is 9.88 Å². The van der Waals surface area contributed by atoms with Gasteiger partial charge < -0.3 is 14.7 Å². The molecule has 4 rings (SSSR count). The highest BCUT2D eigenvalue weighted by Gasteiger charge is 2.24. The number of hydrogen-bond donors (Lipinski definition) is 1. The number of nitrogens with zero attached hydrogens (tertiary/aromatic N) is 3. The van der Waals surface area contributed by atoms with Crippen molar-refractivity contribution in [2.24, 2.45) is 0 Å². The number of aromatic nitrogens is 1. The first-order chi connectivity index (χ1) is 19.9. The fourth-order valence-corrected chi connectivity index (χ4v) is 4.62. The lowest BCUT2D eigenvalue weighted by atomic mass is 9.94. The predicted molar refractivity (Wildman–Crippen MR) is 158 cm³/mol. The molecule has 1 N–H and O–H groups in total. The number of carboxylic acid groups (broad SMARTS) is 1. The summed E-state index contributed by atoms with van der Waals surface area (Å²) < 4.78 is 5.74. The Hall–Kier alpha value is -4.98. The summed E-state index contributed by atoms with van der Waals surface area (Å²) in [6.45, 7) is 2.77. The van der Waals surface area contributed by atoms with E-state index < -0.39 is 5.97 Å². The van der Waals surface area contributed by atoms with Gasteiger partial charge in [-0.1, -0.05) is 60.7 Å². The Bertz CT molecular complexity index is 1510. The Morgan fingerprint density at radius 2 is 1.39 bits per heavy atom. The van der Waals surface area contributed by atoms with Crippen molar-refractivity contribution in [1.29, 1.82) is 0 Å². The monoisotopic (exact) mass is 551 g/mol. The topological polar surface area (TPSA) is 100 Å². The molecule has 41 heavy (non-hydrogen) atoms. The Kier molecular flexibility index (Phi) is 9.83. The molecular weight excluding hydrogens is 518 g/mol. The number of para-hydroxylation sites is 1. The van der Waals surface area contributed by atoms with Gasteiger partial charge >= 0.3 is 5.97 Å². The molecular formula is C33H33N3O5. The molecule has 1 heterocycles. The zero-order valence-corrected chi connectivity index (χ0v) is 23.2. The van der Waals surface area contributed by atoms with E-state index in [2.05, 4.69) is 4.98 Å². The van der Waals surface area contributed by atoms with E-state index >= 15 is 0 Å². The molecule has 210 valence electrons. The summed E-state index contributed by atoms with van der Waals surface area (Å²) in [5, 5.41) is 9.38. The number of amides is 2. The second-order valence-corrected chi connectivity index (χ2v) is 9.37. The summed E-state index contributed by atoms with van der Waals surface area (Å²) in [6.07, 6.45) is 1.93. The van der Waals surface area contributed by atoms with Crippen molar-refractivity contribution in [3.8, 4) is 16.9 Å². The molecule has 0 fully saturated rings. The Labute approximate surface area is 239 Å². The average Bonchev–Trinajstić information content (AvgIpc) is 3.01. The molecule has 0 spiro atoms. The summed E-state index contributed by atoms with van der Waals surface area (Å²) >= 11 is 0. The first kappa shape index (κ1) is 29.0. The van der Waals surface area contributed by atoms with Crippen LogP contribution in [0.5, 0.6) is 5.75 Å².